The number of carboxylic acids is 1. The summed E-state index contributed by atoms with van der Waals surface area (Å²) >= 11 is 0. The Morgan fingerprint density at radius 1 is 1.00 bits per heavy atom. The zero-order chi connectivity index (χ0) is 29.3. The lowest BCUT2D eigenvalue weighted by molar-refractivity contribution is -0.143. The van der Waals surface area contributed by atoms with Gasteiger partial charge in [0.25, 0.3) is 0 Å². The van der Waals surface area contributed by atoms with E-state index in [-0.39, 0.29) is 31.8 Å². The van der Waals surface area contributed by atoms with E-state index in [0.717, 1.165) is 4.90 Å². The first-order valence-corrected chi connectivity index (χ1v) is 12.2. The summed E-state index contributed by atoms with van der Waals surface area (Å²) in [6, 6.07) is -5.94. The first kappa shape index (κ1) is 32.5. The van der Waals surface area contributed by atoms with Crippen LogP contribution in [0.3, 0.4) is 0 Å². The van der Waals surface area contributed by atoms with Crippen molar-refractivity contribution in [2.45, 2.75) is 89.4 Å². The molecule has 16 nitrogen and oxygen atoms in total. The van der Waals surface area contributed by atoms with Gasteiger partial charge in [-0.2, -0.15) is 0 Å². The summed E-state index contributed by atoms with van der Waals surface area (Å²) in [6.45, 7) is 5.81. The molecule has 0 fully saturated rings. The van der Waals surface area contributed by atoms with Crippen molar-refractivity contribution in [1.82, 2.24) is 20.9 Å². The number of nitrogens with one attached hydrogen (secondary N) is 3. The van der Waals surface area contributed by atoms with Crippen LogP contribution >= 0.6 is 0 Å². The molecule has 5 amide bonds. The van der Waals surface area contributed by atoms with Gasteiger partial charge in [0.15, 0.2) is 5.96 Å². The number of urea groups is 1. The van der Waals surface area contributed by atoms with Crippen LogP contribution in [0.1, 0.15) is 47.0 Å². The molecule has 12 N–H and O–H groups in total. The van der Waals surface area contributed by atoms with Gasteiger partial charge >= 0.3 is 12.0 Å². The molecule has 0 spiro atoms. The van der Waals surface area contributed by atoms with E-state index in [0.29, 0.717) is 0 Å². The van der Waals surface area contributed by atoms with E-state index in [2.05, 4.69) is 20.9 Å². The smallest absolute Gasteiger partial charge is 0.326 e. The highest BCUT2D eigenvalue weighted by molar-refractivity contribution is 5.96. The number of carboxylic acid groups (broad SMARTS) is 1. The quantitative estimate of drug-likeness (QED) is 0.104. The maximum Gasteiger partial charge on any atom is 0.326 e. The number of hydrogen-bond acceptors (Lipinski definition) is 10. The highest BCUT2D eigenvalue weighted by Crippen LogP contribution is 2.17. The summed E-state index contributed by atoms with van der Waals surface area (Å²) in [7, 11) is 0. The van der Waals surface area contributed by atoms with Crippen LogP contribution in [0.2, 0.25) is 0 Å². The summed E-state index contributed by atoms with van der Waals surface area (Å²) in [5, 5.41) is 37.1. The molecule has 0 bridgehead atoms. The SMILES string of the molecule is CC(=O)N[C@@H](C(=O)N[C@@H](C)C(=O)N[C@H](C(=O)O)C(C)C)[C@@H](N)CC[C@H](O)[C@H](O)C[C@H]1CN(C(N)=O)C(N)=N1. The number of aliphatic carboxylic acids is 1. The Morgan fingerprint density at radius 2 is 1.61 bits per heavy atom. The molecule has 0 aromatic carbocycles. The molecule has 1 aliphatic rings. The second-order valence-electron chi connectivity index (χ2n) is 9.68. The minimum absolute atomic E-state index is 0.00487. The van der Waals surface area contributed by atoms with E-state index in [1.807, 2.05) is 0 Å². The van der Waals surface area contributed by atoms with Crippen molar-refractivity contribution in [3.8, 4) is 0 Å². The fourth-order valence-corrected chi connectivity index (χ4v) is 3.84. The number of aliphatic hydroxyl groups excluding tert-OH is 2. The molecule has 1 aliphatic heterocycles. The number of aliphatic imine (C=N–C) groups is 1. The zero-order valence-corrected chi connectivity index (χ0v) is 22.0. The Balaban J connectivity index is 2.71. The fraction of sp³-hybridized carbons (Fsp3) is 0.727. The van der Waals surface area contributed by atoms with E-state index >= 15 is 0 Å². The molecule has 0 aromatic rings. The monoisotopic (exact) mass is 544 g/mol. The fourth-order valence-electron chi connectivity index (χ4n) is 3.84. The van der Waals surface area contributed by atoms with Crippen LogP contribution in [-0.2, 0) is 19.2 Å². The number of rotatable bonds is 14. The third-order valence-electron chi connectivity index (χ3n) is 6.06. The minimum Gasteiger partial charge on any atom is -0.480 e. The molecule has 1 rings (SSSR count). The van der Waals surface area contributed by atoms with Gasteiger partial charge in [-0.1, -0.05) is 13.8 Å². The first-order valence-electron chi connectivity index (χ1n) is 12.2. The third-order valence-corrected chi connectivity index (χ3v) is 6.06. The van der Waals surface area contributed by atoms with Crippen molar-refractivity contribution >= 4 is 35.7 Å². The summed E-state index contributed by atoms with van der Waals surface area (Å²) in [6.07, 6.45) is -2.60. The number of carbonyl (C=O) groups is 5. The van der Waals surface area contributed by atoms with Gasteiger partial charge in [0.1, 0.15) is 18.1 Å². The molecule has 0 unspecified atom stereocenters. The zero-order valence-electron chi connectivity index (χ0n) is 22.0. The lowest BCUT2D eigenvalue weighted by Gasteiger charge is -2.27. The number of carbonyl (C=O) groups excluding carboxylic acids is 4. The van der Waals surface area contributed by atoms with Gasteiger partial charge in [-0.05, 0) is 25.7 Å². The van der Waals surface area contributed by atoms with E-state index < -0.39 is 78.1 Å². The highest BCUT2D eigenvalue weighted by atomic mass is 16.4. The van der Waals surface area contributed by atoms with Crippen molar-refractivity contribution in [2.24, 2.45) is 28.1 Å². The molecule has 0 radical (unpaired) electrons. The van der Waals surface area contributed by atoms with Crippen LogP contribution in [0.25, 0.3) is 0 Å². The van der Waals surface area contributed by atoms with Gasteiger partial charge in [0.05, 0.1) is 24.8 Å². The lowest BCUT2D eigenvalue weighted by Crippen LogP contribution is -2.59. The molecule has 0 aliphatic carbocycles. The predicted octanol–water partition coefficient (Wildman–Crippen LogP) is -3.48. The summed E-state index contributed by atoms with van der Waals surface area (Å²) in [5.74, 6) is -3.80. The van der Waals surface area contributed by atoms with Gasteiger partial charge in [0.2, 0.25) is 17.7 Å². The van der Waals surface area contributed by atoms with Crippen LogP contribution in [0.5, 0.6) is 0 Å². The molecule has 16 heteroatoms. The van der Waals surface area contributed by atoms with Crippen molar-refractivity contribution in [3.05, 3.63) is 0 Å². The molecule has 38 heavy (non-hydrogen) atoms. The van der Waals surface area contributed by atoms with Crippen LogP contribution in [-0.4, -0.2) is 105 Å². The maximum absolute atomic E-state index is 12.8. The lowest BCUT2D eigenvalue weighted by atomic mass is 9.96. The third kappa shape index (κ3) is 9.75. The molecule has 0 aromatic heterocycles. The Bertz CT molecular complexity index is 914. The first-order chi connectivity index (χ1) is 17.5. The van der Waals surface area contributed by atoms with Crippen LogP contribution < -0.4 is 33.2 Å². The second-order valence-corrected chi connectivity index (χ2v) is 9.68. The number of nitrogens with two attached hydrogens (primary N) is 3. The number of primary amides is 1. The van der Waals surface area contributed by atoms with E-state index in [1.54, 1.807) is 13.8 Å². The Hall–Kier alpha value is -3.50. The molecule has 216 valence electrons. The van der Waals surface area contributed by atoms with Crippen LogP contribution in [0.4, 0.5) is 4.79 Å². The van der Waals surface area contributed by atoms with Crippen LogP contribution in [0, 0.1) is 5.92 Å². The number of hydrogen-bond donors (Lipinski definition) is 9. The summed E-state index contributed by atoms with van der Waals surface area (Å²) < 4.78 is 0. The van der Waals surface area contributed by atoms with E-state index in [9.17, 15) is 39.3 Å². The average Bonchev–Trinajstić information content (AvgIpc) is 3.18. The molecule has 0 saturated heterocycles. The van der Waals surface area contributed by atoms with E-state index in [4.69, 9.17) is 17.2 Å². The van der Waals surface area contributed by atoms with Crippen molar-refractivity contribution in [3.63, 3.8) is 0 Å². The number of nitrogens with zero attached hydrogens (tertiary/aromatic N) is 2. The Labute approximate surface area is 220 Å². The van der Waals surface area contributed by atoms with Gasteiger partial charge in [0, 0.05) is 19.4 Å². The van der Waals surface area contributed by atoms with Gasteiger partial charge < -0.3 is 48.5 Å². The summed E-state index contributed by atoms with van der Waals surface area (Å²) in [5.41, 5.74) is 16.9. The normalized spacial score (nSPS) is 19.9. The maximum atomic E-state index is 12.8. The summed E-state index contributed by atoms with van der Waals surface area (Å²) in [4.78, 5) is 64.6. The van der Waals surface area contributed by atoms with Crippen molar-refractivity contribution < 1.29 is 39.3 Å². The number of amides is 5. The Kier molecular flexibility index (Phi) is 12.4. The van der Waals surface area contributed by atoms with Gasteiger partial charge in [-0.25, -0.2) is 14.6 Å². The Morgan fingerprint density at radius 3 is 2.08 bits per heavy atom. The number of aliphatic hydroxyl groups is 2. The topological polar surface area (TPSA) is 276 Å². The average molecular weight is 545 g/mol. The molecule has 1 heterocycles. The number of guanidine groups is 1. The van der Waals surface area contributed by atoms with Gasteiger partial charge in [-0.15, -0.1) is 0 Å². The largest absolute Gasteiger partial charge is 0.480 e. The molecular formula is C22H40N8O8. The minimum atomic E-state index is -1.28. The molecule has 0 saturated carbocycles. The van der Waals surface area contributed by atoms with Crippen LogP contribution in [0.15, 0.2) is 4.99 Å². The standard InChI is InChI=1S/C22H40N8O8/c1-9(2)16(20(36)37)29-18(34)10(3)26-19(35)17(27-11(4)31)13(23)5-6-14(32)15(33)7-12-8-30(22(25)38)21(24)28-12/h9-10,12-17,32-33H,5-8,23H2,1-4H3,(H2,24,28)(H2,25,38)(H,26,35)(H,27,31)(H,29,34)(H,36,37)/t10-,12-,13-,14-,15+,16-,17+/m0/s1. The molecule has 7 atom stereocenters. The molecular weight excluding hydrogens is 504 g/mol. The van der Waals surface area contributed by atoms with Gasteiger partial charge in [-0.3, -0.25) is 19.3 Å². The van der Waals surface area contributed by atoms with Crippen molar-refractivity contribution in [1.29, 1.82) is 0 Å². The second kappa shape index (κ2) is 14.4. The highest BCUT2D eigenvalue weighted by Gasteiger charge is 2.33. The predicted molar refractivity (Wildman–Crippen MR) is 135 cm³/mol. The van der Waals surface area contributed by atoms with Crippen molar-refractivity contribution in [2.75, 3.05) is 6.54 Å². The van der Waals surface area contributed by atoms with E-state index in [1.165, 1.54) is 13.8 Å².